The Kier molecular flexibility index (Phi) is 3.43. The highest BCUT2D eigenvalue weighted by Crippen LogP contribution is 2.36. The van der Waals surface area contributed by atoms with Crippen LogP contribution in [0.4, 0.5) is 17.6 Å². The first-order valence-corrected chi connectivity index (χ1v) is 5.63. The first-order valence-electron chi connectivity index (χ1n) is 5.63. The van der Waals surface area contributed by atoms with Crippen LogP contribution in [0.15, 0.2) is 29.8 Å². The summed E-state index contributed by atoms with van der Waals surface area (Å²) in [6, 6.07) is 2.62. The van der Waals surface area contributed by atoms with E-state index < -0.39 is 23.7 Å². The van der Waals surface area contributed by atoms with Crippen molar-refractivity contribution < 1.29 is 22.7 Å². The molecule has 1 aromatic carbocycles. The van der Waals surface area contributed by atoms with Crippen molar-refractivity contribution in [3.63, 3.8) is 0 Å². The van der Waals surface area contributed by atoms with Gasteiger partial charge in [0, 0.05) is 0 Å². The summed E-state index contributed by atoms with van der Waals surface area (Å²) >= 11 is 0. The zero-order valence-corrected chi connectivity index (χ0v) is 9.47. The van der Waals surface area contributed by atoms with E-state index in [0.717, 1.165) is 18.9 Å². The minimum absolute atomic E-state index is 0.0804. The number of halogens is 4. The van der Waals surface area contributed by atoms with Gasteiger partial charge in [-0.3, -0.25) is 0 Å². The predicted molar refractivity (Wildman–Crippen MR) is 58.3 cm³/mol. The number of rotatable bonds is 2. The van der Waals surface area contributed by atoms with Gasteiger partial charge in [0.1, 0.15) is 11.9 Å². The Hall–Kier alpha value is -1.36. The highest BCUT2D eigenvalue weighted by molar-refractivity contribution is 5.33. The van der Waals surface area contributed by atoms with Crippen LogP contribution in [0.5, 0.6) is 0 Å². The third-order valence-electron chi connectivity index (χ3n) is 3.04. The van der Waals surface area contributed by atoms with Crippen LogP contribution in [0.1, 0.15) is 36.5 Å². The fourth-order valence-electron chi connectivity index (χ4n) is 2.09. The molecule has 1 nitrogen and oxygen atoms in total. The fraction of sp³-hybridized carbons (Fsp3) is 0.385. The van der Waals surface area contributed by atoms with E-state index in [-0.39, 0.29) is 5.56 Å². The summed E-state index contributed by atoms with van der Waals surface area (Å²) in [5, 5.41) is 9.94. The lowest BCUT2D eigenvalue weighted by Crippen LogP contribution is -2.10. The minimum atomic E-state index is -4.75. The fourth-order valence-corrected chi connectivity index (χ4v) is 2.09. The second kappa shape index (κ2) is 4.72. The Labute approximate surface area is 102 Å². The van der Waals surface area contributed by atoms with Gasteiger partial charge in [0.25, 0.3) is 0 Å². The highest BCUT2D eigenvalue weighted by Gasteiger charge is 2.34. The largest absolute Gasteiger partial charge is 0.419 e. The van der Waals surface area contributed by atoms with Crippen LogP contribution < -0.4 is 0 Å². The van der Waals surface area contributed by atoms with Gasteiger partial charge < -0.3 is 5.11 Å². The van der Waals surface area contributed by atoms with E-state index in [1.165, 1.54) is 6.07 Å². The van der Waals surface area contributed by atoms with E-state index in [4.69, 9.17) is 0 Å². The number of alkyl halides is 3. The van der Waals surface area contributed by atoms with Gasteiger partial charge in [0.15, 0.2) is 0 Å². The summed E-state index contributed by atoms with van der Waals surface area (Å²) in [6.07, 6.45) is -1.63. The monoisotopic (exact) mass is 260 g/mol. The maximum absolute atomic E-state index is 13.1. The smallest absolute Gasteiger partial charge is 0.384 e. The molecule has 1 aliphatic carbocycles. The molecule has 0 saturated carbocycles. The second-order valence-corrected chi connectivity index (χ2v) is 4.31. The molecule has 18 heavy (non-hydrogen) atoms. The molecule has 0 aromatic heterocycles. The summed E-state index contributed by atoms with van der Waals surface area (Å²) in [5.41, 5.74) is -0.552. The lowest BCUT2D eigenvalue weighted by molar-refractivity contribution is -0.140. The van der Waals surface area contributed by atoms with E-state index in [1.807, 2.05) is 6.08 Å². The minimum Gasteiger partial charge on any atom is -0.384 e. The standard InChI is InChI=1S/C13H12F4O/c14-11-6-5-9(7-10(11)13(15,16)17)12(18)8-3-1-2-4-8/h3,5-7,12,18H,1-2,4H2. The summed E-state index contributed by atoms with van der Waals surface area (Å²) in [4.78, 5) is 0. The van der Waals surface area contributed by atoms with Crippen LogP contribution in [-0.4, -0.2) is 5.11 Å². The molecule has 0 aliphatic heterocycles. The van der Waals surface area contributed by atoms with Gasteiger partial charge in [0.2, 0.25) is 0 Å². The summed E-state index contributed by atoms with van der Waals surface area (Å²) in [5.74, 6) is -1.32. The number of hydrogen-bond donors (Lipinski definition) is 1. The predicted octanol–water partition coefficient (Wildman–Crippen LogP) is 3.99. The molecule has 0 saturated heterocycles. The quantitative estimate of drug-likeness (QED) is 0.629. The molecule has 1 N–H and O–H groups in total. The van der Waals surface area contributed by atoms with Crippen molar-refractivity contribution in [3.8, 4) is 0 Å². The average molecular weight is 260 g/mol. The maximum Gasteiger partial charge on any atom is 0.419 e. The molecule has 1 aliphatic rings. The molecular weight excluding hydrogens is 248 g/mol. The first kappa shape index (κ1) is 13.1. The summed E-state index contributed by atoms with van der Waals surface area (Å²) in [6.45, 7) is 0. The zero-order chi connectivity index (χ0) is 13.3. The maximum atomic E-state index is 13.1. The molecule has 0 bridgehead atoms. The van der Waals surface area contributed by atoms with Crippen molar-refractivity contribution in [2.24, 2.45) is 0 Å². The van der Waals surface area contributed by atoms with Crippen LogP contribution in [0, 0.1) is 5.82 Å². The molecule has 0 radical (unpaired) electrons. The lowest BCUT2D eigenvalue weighted by Gasteiger charge is -2.15. The number of aliphatic hydroxyl groups excluding tert-OH is 1. The van der Waals surface area contributed by atoms with E-state index in [1.54, 1.807) is 0 Å². The molecule has 98 valence electrons. The molecule has 0 spiro atoms. The average Bonchev–Trinajstić information content (AvgIpc) is 2.80. The Morgan fingerprint density at radius 3 is 2.50 bits per heavy atom. The lowest BCUT2D eigenvalue weighted by atomic mass is 9.99. The van der Waals surface area contributed by atoms with Crippen molar-refractivity contribution in [1.82, 2.24) is 0 Å². The van der Waals surface area contributed by atoms with Gasteiger partial charge in [-0.2, -0.15) is 13.2 Å². The van der Waals surface area contributed by atoms with Crippen molar-refractivity contribution in [2.75, 3.05) is 0 Å². The number of allylic oxidation sites excluding steroid dienone is 1. The second-order valence-electron chi connectivity index (χ2n) is 4.31. The molecule has 1 aromatic rings. The van der Waals surface area contributed by atoms with Crippen molar-refractivity contribution in [3.05, 3.63) is 46.8 Å². The number of benzene rings is 1. The number of hydrogen-bond acceptors (Lipinski definition) is 1. The van der Waals surface area contributed by atoms with Gasteiger partial charge in [-0.15, -0.1) is 0 Å². The van der Waals surface area contributed by atoms with Gasteiger partial charge in [-0.05, 0) is 42.5 Å². The molecule has 2 rings (SSSR count). The topological polar surface area (TPSA) is 20.2 Å². The SMILES string of the molecule is OC(C1=CCCC1)c1ccc(F)c(C(F)(F)F)c1. The third-order valence-corrected chi connectivity index (χ3v) is 3.04. The van der Waals surface area contributed by atoms with E-state index in [0.29, 0.717) is 18.1 Å². The summed E-state index contributed by atoms with van der Waals surface area (Å²) < 4.78 is 50.7. The highest BCUT2D eigenvalue weighted by atomic mass is 19.4. The van der Waals surface area contributed by atoms with E-state index >= 15 is 0 Å². The van der Waals surface area contributed by atoms with Gasteiger partial charge in [-0.1, -0.05) is 12.1 Å². The van der Waals surface area contributed by atoms with Crippen LogP contribution in [0.2, 0.25) is 0 Å². The number of aliphatic hydroxyl groups is 1. The molecular formula is C13H12F4O. The van der Waals surface area contributed by atoms with Crippen LogP contribution in [-0.2, 0) is 6.18 Å². The molecule has 0 amide bonds. The van der Waals surface area contributed by atoms with Gasteiger partial charge in [0.05, 0.1) is 5.56 Å². The molecule has 1 unspecified atom stereocenters. The third kappa shape index (κ3) is 2.56. The Morgan fingerprint density at radius 2 is 1.94 bits per heavy atom. The van der Waals surface area contributed by atoms with Crippen molar-refractivity contribution >= 4 is 0 Å². The molecule has 5 heteroatoms. The Balaban J connectivity index is 2.35. The summed E-state index contributed by atoms with van der Waals surface area (Å²) in [7, 11) is 0. The van der Waals surface area contributed by atoms with Crippen LogP contribution in [0.25, 0.3) is 0 Å². The van der Waals surface area contributed by atoms with Gasteiger partial charge >= 0.3 is 6.18 Å². The molecule has 0 heterocycles. The molecule has 0 fully saturated rings. The van der Waals surface area contributed by atoms with Crippen LogP contribution >= 0.6 is 0 Å². The molecule has 1 atom stereocenters. The van der Waals surface area contributed by atoms with Gasteiger partial charge in [-0.25, -0.2) is 4.39 Å². The van der Waals surface area contributed by atoms with Crippen LogP contribution in [0.3, 0.4) is 0 Å². The Bertz CT molecular complexity index is 476. The van der Waals surface area contributed by atoms with E-state index in [9.17, 15) is 22.7 Å². The zero-order valence-electron chi connectivity index (χ0n) is 9.47. The Morgan fingerprint density at radius 1 is 1.22 bits per heavy atom. The van der Waals surface area contributed by atoms with Crippen molar-refractivity contribution in [2.45, 2.75) is 31.5 Å². The normalized spacial score (nSPS) is 17.7. The van der Waals surface area contributed by atoms with E-state index in [2.05, 4.69) is 0 Å². The van der Waals surface area contributed by atoms with Crippen molar-refractivity contribution in [1.29, 1.82) is 0 Å². The first-order chi connectivity index (χ1) is 8.39.